The summed E-state index contributed by atoms with van der Waals surface area (Å²) in [5, 5.41) is 8.61. The van der Waals surface area contributed by atoms with Crippen LogP contribution >= 0.6 is 0 Å². The fourth-order valence-corrected chi connectivity index (χ4v) is 1.42. The van der Waals surface area contributed by atoms with E-state index in [9.17, 15) is 0 Å². The lowest BCUT2D eigenvalue weighted by Gasteiger charge is -2.21. The van der Waals surface area contributed by atoms with Gasteiger partial charge in [-0.05, 0) is 25.2 Å². The van der Waals surface area contributed by atoms with Crippen molar-refractivity contribution < 1.29 is 0 Å². The molecule has 0 fully saturated rings. The van der Waals surface area contributed by atoms with Gasteiger partial charge in [0.2, 0.25) is 0 Å². The van der Waals surface area contributed by atoms with Crippen LogP contribution in [0.4, 0.5) is 0 Å². The maximum atomic E-state index is 8.61. The third-order valence-corrected chi connectivity index (χ3v) is 2.50. The predicted molar refractivity (Wildman–Crippen MR) is 52.6 cm³/mol. The number of hydrogen-bond donors (Lipinski definition) is 0. The summed E-state index contributed by atoms with van der Waals surface area (Å²) in [5.41, 5.74) is 1.20. The molecule has 0 aliphatic heterocycles. The smallest absolute Gasteiger partial charge is 0.0624 e. The highest BCUT2D eigenvalue weighted by atomic mass is 14.3. The van der Waals surface area contributed by atoms with Gasteiger partial charge in [0.15, 0.2) is 0 Å². The highest BCUT2D eigenvalue weighted by Crippen LogP contribution is 2.25. The van der Waals surface area contributed by atoms with Crippen LogP contribution in [0.3, 0.4) is 0 Å². The van der Waals surface area contributed by atoms with Crippen molar-refractivity contribution in [3.63, 3.8) is 0 Å². The van der Waals surface area contributed by atoms with Crippen molar-refractivity contribution in [2.24, 2.45) is 11.8 Å². The summed E-state index contributed by atoms with van der Waals surface area (Å²) >= 11 is 0. The molecule has 0 heterocycles. The van der Waals surface area contributed by atoms with Crippen molar-refractivity contribution in [3.8, 4) is 6.07 Å². The zero-order valence-electron chi connectivity index (χ0n) is 8.43. The van der Waals surface area contributed by atoms with Crippen molar-refractivity contribution in [2.75, 3.05) is 0 Å². The van der Waals surface area contributed by atoms with Gasteiger partial charge in [-0.1, -0.05) is 32.4 Å². The van der Waals surface area contributed by atoms with Crippen molar-refractivity contribution in [3.05, 3.63) is 12.2 Å². The molecule has 0 aromatic carbocycles. The van der Waals surface area contributed by atoms with Gasteiger partial charge in [-0.15, -0.1) is 0 Å². The molecule has 1 nitrogen and oxygen atoms in total. The second-order valence-electron chi connectivity index (χ2n) is 3.55. The molecule has 0 N–H and O–H groups in total. The lowest BCUT2D eigenvalue weighted by atomic mass is 9.84. The Balaban J connectivity index is 4.10. The van der Waals surface area contributed by atoms with Gasteiger partial charge in [0, 0.05) is 6.42 Å². The largest absolute Gasteiger partial charge is 0.198 e. The zero-order valence-corrected chi connectivity index (χ0v) is 8.43. The summed E-state index contributed by atoms with van der Waals surface area (Å²) in [6.07, 6.45) is 2.97. The molecule has 68 valence electrons. The molecular formula is C11H19N. The molecule has 0 radical (unpaired) electrons. The van der Waals surface area contributed by atoms with E-state index in [0.29, 0.717) is 18.3 Å². The topological polar surface area (TPSA) is 23.8 Å². The molecule has 0 aliphatic carbocycles. The van der Waals surface area contributed by atoms with Crippen LogP contribution in [0.2, 0.25) is 0 Å². The molecule has 0 aromatic heterocycles. The molecule has 12 heavy (non-hydrogen) atoms. The molecule has 0 rings (SSSR count). The number of rotatable bonds is 5. The fourth-order valence-electron chi connectivity index (χ4n) is 1.42. The molecule has 0 saturated carbocycles. The van der Waals surface area contributed by atoms with E-state index in [1.54, 1.807) is 0 Å². The van der Waals surface area contributed by atoms with Crippen LogP contribution in [0.1, 0.15) is 40.0 Å². The van der Waals surface area contributed by atoms with Gasteiger partial charge in [0.1, 0.15) is 0 Å². The summed E-state index contributed by atoms with van der Waals surface area (Å²) in [7, 11) is 0. The standard InChI is InChI=1S/C11H19N/c1-5-6-11(7-8-12)10(4)9(2)3/h10-11H,2,5-7H2,1,3-4H3/t10-,11-/m1/s1. The average Bonchev–Trinajstić information content (AvgIpc) is 2.03. The Morgan fingerprint density at radius 1 is 1.58 bits per heavy atom. The molecule has 0 unspecified atom stereocenters. The van der Waals surface area contributed by atoms with Gasteiger partial charge in [-0.25, -0.2) is 0 Å². The van der Waals surface area contributed by atoms with E-state index in [0.717, 1.165) is 12.8 Å². The Hall–Kier alpha value is -0.770. The quantitative estimate of drug-likeness (QED) is 0.572. The van der Waals surface area contributed by atoms with E-state index in [2.05, 4.69) is 26.5 Å². The minimum Gasteiger partial charge on any atom is -0.198 e. The van der Waals surface area contributed by atoms with Crippen LogP contribution in [0.5, 0.6) is 0 Å². The highest BCUT2D eigenvalue weighted by Gasteiger charge is 2.16. The Labute approximate surface area is 76.1 Å². The van der Waals surface area contributed by atoms with Crippen LogP contribution in [0, 0.1) is 23.2 Å². The Kier molecular flexibility index (Phi) is 5.45. The van der Waals surface area contributed by atoms with Crippen molar-refractivity contribution in [1.82, 2.24) is 0 Å². The second kappa shape index (κ2) is 5.83. The number of nitrogens with zero attached hydrogens (tertiary/aromatic N) is 1. The van der Waals surface area contributed by atoms with E-state index in [1.807, 2.05) is 6.92 Å². The van der Waals surface area contributed by atoms with E-state index in [-0.39, 0.29) is 0 Å². The number of allylic oxidation sites excluding steroid dienone is 1. The summed E-state index contributed by atoms with van der Waals surface area (Å²) in [5.74, 6) is 1.00. The van der Waals surface area contributed by atoms with Gasteiger partial charge in [0.05, 0.1) is 6.07 Å². The SMILES string of the molecule is C=C(C)[C@@H](C)[C@@H](CC#N)CCC. The Bertz CT molecular complexity index is 176. The minimum absolute atomic E-state index is 0.490. The fraction of sp³-hybridized carbons (Fsp3) is 0.727. The molecule has 0 aromatic rings. The second-order valence-corrected chi connectivity index (χ2v) is 3.55. The van der Waals surface area contributed by atoms with E-state index >= 15 is 0 Å². The molecule has 0 aliphatic rings. The average molecular weight is 165 g/mol. The maximum absolute atomic E-state index is 8.61. The van der Waals surface area contributed by atoms with E-state index < -0.39 is 0 Å². The van der Waals surface area contributed by atoms with Crippen LogP contribution < -0.4 is 0 Å². The molecule has 0 bridgehead atoms. The summed E-state index contributed by atoms with van der Waals surface area (Å²) in [4.78, 5) is 0. The first-order valence-electron chi connectivity index (χ1n) is 4.65. The van der Waals surface area contributed by atoms with Crippen molar-refractivity contribution in [2.45, 2.75) is 40.0 Å². The van der Waals surface area contributed by atoms with Crippen LogP contribution in [-0.4, -0.2) is 0 Å². The van der Waals surface area contributed by atoms with Gasteiger partial charge in [-0.2, -0.15) is 5.26 Å². The number of nitriles is 1. The first-order chi connectivity index (χ1) is 5.63. The highest BCUT2D eigenvalue weighted by molar-refractivity contribution is 4.98. The normalized spacial score (nSPS) is 14.8. The first-order valence-corrected chi connectivity index (χ1v) is 4.65. The van der Waals surface area contributed by atoms with Crippen LogP contribution in [-0.2, 0) is 0 Å². The van der Waals surface area contributed by atoms with E-state index in [1.165, 1.54) is 5.57 Å². The van der Waals surface area contributed by atoms with Gasteiger partial charge in [0.25, 0.3) is 0 Å². The molecular weight excluding hydrogens is 146 g/mol. The monoisotopic (exact) mass is 165 g/mol. The molecule has 1 heteroatoms. The summed E-state index contributed by atoms with van der Waals surface area (Å²) in [6.45, 7) is 10.3. The zero-order chi connectivity index (χ0) is 9.56. The lowest BCUT2D eigenvalue weighted by Crippen LogP contribution is -2.11. The maximum Gasteiger partial charge on any atom is 0.0624 e. The molecule has 0 spiro atoms. The third-order valence-electron chi connectivity index (χ3n) is 2.50. The van der Waals surface area contributed by atoms with Crippen LogP contribution in [0.15, 0.2) is 12.2 Å². The number of hydrogen-bond acceptors (Lipinski definition) is 1. The minimum atomic E-state index is 0.490. The summed E-state index contributed by atoms with van der Waals surface area (Å²) in [6, 6.07) is 2.25. The van der Waals surface area contributed by atoms with Gasteiger partial charge < -0.3 is 0 Å². The predicted octanol–water partition coefficient (Wildman–Crippen LogP) is 3.53. The Morgan fingerprint density at radius 2 is 2.17 bits per heavy atom. The molecule has 2 atom stereocenters. The molecule has 0 saturated heterocycles. The van der Waals surface area contributed by atoms with Gasteiger partial charge >= 0.3 is 0 Å². The Morgan fingerprint density at radius 3 is 2.50 bits per heavy atom. The van der Waals surface area contributed by atoms with E-state index in [4.69, 9.17) is 5.26 Å². The lowest BCUT2D eigenvalue weighted by molar-refractivity contribution is 0.380. The molecule has 0 amide bonds. The van der Waals surface area contributed by atoms with Crippen LogP contribution in [0.25, 0.3) is 0 Å². The first kappa shape index (κ1) is 11.2. The van der Waals surface area contributed by atoms with Crippen molar-refractivity contribution in [1.29, 1.82) is 5.26 Å². The summed E-state index contributed by atoms with van der Waals surface area (Å²) < 4.78 is 0. The van der Waals surface area contributed by atoms with Gasteiger partial charge in [-0.3, -0.25) is 0 Å². The van der Waals surface area contributed by atoms with Crippen molar-refractivity contribution >= 4 is 0 Å². The third kappa shape index (κ3) is 3.57.